The van der Waals surface area contributed by atoms with Crippen LogP contribution in [0, 0.1) is 24.2 Å². The first-order valence-corrected chi connectivity index (χ1v) is 13.4. The standard InChI is InChI=1S/C25H28F4N3O4S.2H2/c1-4-14(2)16-6-5-7-21(22(16)26)36-20-9-8-15(31-37(34,35)25(27,28)29)12-18(20)19-13-32(3)24(33)23-17(19)10-11-30-23;;/h5-9,12-14,16-17,23,30-31H,4,10-11H2,1-3H3;2*1H. The molecule has 2 aliphatic heterocycles. The van der Waals surface area contributed by atoms with Gasteiger partial charge in [0.15, 0.2) is 0 Å². The van der Waals surface area contributed by atoms with E-state index in [1.165, 1.54) is 23.5 Å². The van der Waals surface area contributed by atoms with Gasteiger partial charge in [-0.05, 0) is 42.7 Å². The van der Waals surface area contributed by atoms with Crippen molar-refractivity contribution in [2.24, 2.45) is 17.8 Å². The summed E-state index contributed by atoms with van der Waals surface area (Å²) in [5.74, 6) is -1.38. The molecule has 1 fully saturated rings. The highest BCUT2D eigenvalue weighted by atomic mass is 32.2. The van der Waals surface area contributed by atoms with Gasteiger partial charge in [0.1, 0.15) is 17.3 Å². The first-order chi connectivity index (χ1) is 17.3. The molecule has 4 unspecified atom stereocenters. The number of ether oxygens (including phenoxy) is 1. The van der Waals surface area contributed by atoms with Gasteiger partial charge < -0.3 is 15.0 Å². The van der Waals surface area contributed by atoms with Gasteiger partial charge in [-0.1, -0.05) is 32.4 Å². The number of anilines is 1. The third kappa shape index (κ3) is 5.26. The minimum Gasteiger partial charge on any atom is -0.458 e. The molecule has 0 saturated carbocycles. The Hall–Kier alpha value is -2.86. The Bertz CT molecular complexity index is 1280. The highest BCUT2D eigenvalue weighted by molar-refractivity contribution is 7.93. The third-order valence-electron chi connectivity index (χ3n) is 6.99. The number of sulfonamides is 1. The molecule has 7 nitrogen and oxygen atoms in total. The summed E-state index contributed by atoms with van der Waals surface area (Å²) in [6.45, 7) is 4.40. The van der Waals surface area contributed by atoms with Crippen molar-refractivity contribution >= 4 is 27.2 Å². The zero-order chi connectivity index (χ0) is 27.1. The molecule has 0 bridgehead atoms. The molecule has 2 heterocycles. The first kappa shape index (κ1) is 27.2. The van der Waals surface area contributed by atoms with E-state index in [2.05, 4.69) is 5.32 Å². The van der Waals surface area contributed by atoms with Crippen LogP contribution in [0.5, 0.6) is 5.75 Å². The van der Waals surface area contributed by atoms with Crippen LogP contribution in [0.1, 0.15) is 35.1 Å². The van der Waals surface area contributed by atoms with Crippen molar-refractivity contribution in [3.63, 3.8) is 0 Å². The van der Waals surface area contributed by atoms with E-state index < -0.39 is 33.3 Å². The van der Waals surface area contributed by atoms with Crippen LogP contribution >= 0.6 is 0 Å². The second kappa shape index (κ2) is 10.1. The summed E-state index contributed by atoms with van der Waals surface area (Å²) in [5, 5.41) is 3.13. The third-order valence-corrected chi connectivity index (χ3v) is 8.10. The minimum atomic E-state index is -5.68. The summed E-state index contributed by atoms with van der Waals surface area (Å²) in [6.07, 6.45) is 7.74. The molecular formula is C25H32F4N3O4S. The van der Waals surface area contributed by atoms with Gasteiger partial charge in [0.25, 0.3) is 0 Å². The number of allylic oxidation sites excluding steroid dienone is 3. The van der Waals surface area contributed by atoms with Crippen LogP contribution in [0.3, 0.4) is 0 Å². The zero-order valence-electron chi connectivity index (χ0n) is 20.5. The predicted octanol–water partition coefficient (Wildman–Crippen LogP) is 5.23. The molecular weight excluding hydrogens is 514 g/mol. The average molecular weight is 547 g/mol. The summed E-state index contributed by atoms with van der Waals surface area (Å²) in [6, 6.07) is 3.08. The van der Waals surface area contributed by atoms with Crippen LogP contribution in [-0.4, -0.2) is 44.4 Å². The van der Waals surface area contributed by atoms with Crippen LogP contribution in [0.2, 0.25) is 0 Å². The quantitative estimate of drug-likeness (QED) is 0.458. The molecule has 3 aliphatic rings. The lowest BCUT2D eigenvalue weighted by Gasteiger charge is -2.32. The van der Waals surface area contributed by atoms with E-state index in [0.717, 1.165) is 12.5 Å². The van der Waals surface area contributed by atoms with Crippen molar-refractivity contribution in [2.45, 2.75) is 38.2 Å². The number of benzene rings is 1. The molecule has 1 aliphatic carbocycles. The van der Waals surface area contributed by atoms with Gasteiger partial charge in [0, 0.05) is 39.2 Å². The zero-order valence-corrected chi connectivity index (χ0v) is 21.3. The molecule has 2 N–H and O–H groups in total. The van der Waals surface area contributed by atoms with Crippen LogP contribution < -0.4 is 14.8 Å². The smallest absolute Gasteiger partial charge is 0.458 e. The van der Waals surface area contributed by atoms with E-state index in [0.29, 0.717) is 18.5 Å². The molecule has 1 aromatic rings. The number of halogens is 4. The molecule has 1 radical (unpaired) electrons. The molecule has 0 spiro atoms. The number of carbonyl (C=O) groups is 1. The number of fused-ring (bicyclic) bond motifs is 1. The van der Waals surface area contributed by atoms with E-state index in [4.69, 9.17) is 4.74 Å². The largest absolute Gasteiger partial charge is 0.516 e. The van der Waals surface area contributed by atoms with Gasteiger partial charge in [0.05, 0.1) is 12.5 Å². The fourth-order valence-corrected chi connectivity index (χ4v) is 5.31. The summed E-state index contributed by atoms with van der Waals surface area (Å²) < 4.78 is 85.4. The van der Waals surface area contributed by atoms with Gasteiger partial charge in [-0.3, -0.25) is 9.52 Å². The summed E-state index contributed by atoms with van der Waals surface area (Å²) in [4.78, 5) is 14.0. The highest BCUT2D eigenvalue weighted by Gasteiger charge is 2.46. The van der Waals surface area contributed by atoms with E-state index in [9.17, 15) is 26.4 Å². The van der Waals surface area contributed by atoms with E-state index >= 15 is 4.39 Å². The Morgan fingerprint density at radius 2 is 2.05 bits per heavy atom. The maximum atomic E-state index is 15.3. The molecule has 4 rings (SSSR count). The molecule has 205 valence electrons. The highest BCUT2D eigenvalue weighted by Crippen LogP contribution is 2.43. The summed E-state index contributed by atoms with van der Waals surface area (Å²) in [5.41, 5.74) is -5.04. The van der Waals surface area contributed by atoms with Gasteiger partial charge in [-0.25, -0.2) is 4.39 Å². The Balaban J connectivity index is 0.00000267. The fourth-order valence-electron chi connectivity index (χ4n) is 4.76. The van der Waals surface area contributed by atoms with Crippen molar-refractivity contribution in [3.05, 3.63) is 60.1 Å². The van der Waals surface area contributed by atoms with Crippen molar-refractivity contribution in [1.29, 1.82) is 0 Å². The molecule has 1 aromatic carbocycles. The lowest BCUT2D eigenvalue weighted by atomic mass is 9.84. The van der Waals surface area contributed by atoms with Crippen LogP contribution in [0.4, 0.5) is 23.2 Å². The molecule has 0 aromatic heterocycles. The SMILES string of the molecule is CCC(C)C1C=C[CH]C(Oc2ccc(NS(=O)(=O)C(F)(F)F)cc2C2=CN(C)C(=O)C3NCCC23)=C1F.[HH].[HH]. The number of likely N-dealkylation sites (N-methyl/N-ethyl adjacent to an activating group) is 1. The number of carbonyl (C=O) groups excluding carboxylic acids is 1. The van der Waals surface area contributed by atoms with E-state index in [1.807, 2.05) is 13.8 Å². The number of nitrogens with zero attached hydrogens (tertiary/aromatic N) is 1. The number of hydrogen-bond donors (Lipinski definition) is 2. The Kier molecular flexibility index (Phi) is 7.44. The van der Waals surface area contributed by atoms with Crippen LogP contribution in [0.25, 0.3) is 5.57 Å². The lowest BCUT2D eigenvalue weighted by Crippen LogP contribution is -2.46. The number of amides is 1. The predicted molar refractivity (Wildman–Crippen MR) is 135 cm³/mol. The average Bonchev–Trinajstić information content (AvgIpc) is 3.32. The molecule has 1 amide bonds. The van der Waals surface area contributed by atoms with Crippen LogP contribution in [-0.2, 0) is 14.8 Å². The Labute approximate surface area is 216 Å². The first-order valence-electron chi connectivity index (χ1n) is 11.9. The number of alkyl halides is 3. The number of hydrogen-bond acceptors (Lipinski definition) is 5. The van der Waals surface area contributed by atoms with Gasteiger partial charge >= 0.3 is 15.5 Å². The maximum absolute atomic E-state index is 15.3. The van der Waals surface area contributed by atoms with E-state index in [1.54, 1.807) is 30.1 Å². The van der Waals surface area contributed by atoms with Crippen molar-refractivity contribution in [3.8, 4) is 5.75 Å². The second-order valence-corrected chi connectivity index (χ2v) is 11.1. The Morgan fingerprint density at radius 3 is 2.73 bits per heavy atom. The Morgan fingerprint density at radius 1 is 1.32 bits per heavy atom. The van der Waals surface area contributed by atoms with Crippen molar-refractivity contribution in [1.82, 2.24) is 10.2 Å². The van der Waals surface area contributed by atoms with Crippen molar-refractivity contribution in [2.75, 3.05) is 18.3 Å². The minimum absolute atomic E-state index is 0. The maximum Gasteiger partial charge on any atom is 0.516 e. The monoisotopic (exact) mass is 546 g/mol. The van der Waals surface area contributed by atoms with E-state index in [-0.39, 0.29) is 43.4 Å². The molecule has 1 saturated heterocycles. The normalized spacial score (nSPS) is 25.2. The van der Waals surface area contributed by atoms with Crippen molar-refractivity contribution < 1.29 is 38.4 Å². The van der Waals surface area contributed by atoms with Gasteiger partial charge in [-0.2, -0.15) is 21.6 Å². The lowest BCUT2D eigenvalue weighted by molar-refractivity contribution is -0.130. The summed E-state index contributed by atoms with van der Waals surface area (Å²) >= 11 is 0. The molecule has 12 heteroatoms. The molecule has 4 atom stereocenters. The summed E-state index contributed by atoms with van der Waals surface area (Å²) in [7, 11) is -4.13. The number of nitrogens with one attached hydrogen (secondary N) is 2. The van der Waals surface area contributed by atoms with Gasteiger partial charge in [-0.15, -0.1) is 0 Å². The van der Waals surface area contributed by atoms with Gasteiger partial charge in [0.2, 0.25) is 5.91 Å². The topological polar surface area (TPSA) is 87.7 Å². The number of rotatable bonds is 7. The molecule has 37 heavy (non-hydrogen) atoms. The fraction of sp³-hybridized carbons (Fsp3) is 0.440. The second-order valence-electron chi connectivity index (χ2n) is 9.40. The van der Waals surface area contributed by atoms with Crippen LogP contribution in [0.15, 0.2) is 48.1 Å².